The van der Waals surface area contributed by atoms with Crippen LogP contribution in [0.25, 0.3) is 11.1 Å². The highest BCUT2D eigenvalue weighted by atomic mass is 16.6. The summed E-state index contributed by atoms with van der Waals surface area (Å²) >= 11 is 0. The van der Waals surface area contributed by atoms with Crippen LogP contribution in [0, 0.1) is 0 Å². The van der Waals surface area contributed by atoms with Crippen LogP contribution in [0.1, 0.15) is 20.8 Å². The summed E-state index contributed by atoms with van der Waals surface area (Å²) in [4.78, 5) is 16.0. The van der Waals surface area contributed by atoms with Crippen molar-refractivity contribution in [3.05, 3.63) is 48.8 Å². The number of aromatic nitrogens is 1. The number of benzene rings is 1. The van der Waals surface area contributed by atoms with Crippen LogP contribution in [-0.2, 0) is 9.53 Å². The highest BCUT2D eigenvalue weighted by molar-refractivity contribution is 5.79. The number of nitrogens with zero attached hydrogens (tertiary/aromatic N) is 1. The molecule has 110 valence electrons. The van der Waals surface area contributed by atoms with Gasteiger partial charge in [0, 0.05) is 18.0 Å². The molecule has 0 fully saturated rings. The first-order valence-corrected chi connectivity index (χ1v) is 6.89. The first kappa shape index (κ1) is 15.0. The summed E-state index contributed by atoms with van der Waals surface area (Å²) in [7, 11) is 0. The number of pyridine rings is 1. The SMILES string of the molecule is CCOC(=O)C(C)(C)Oc1cccc(-c2cccnc2)c1. The zero-order valence-electron chi connectivity index (χ0n) is 12.5. The van der Waals surface area contributed by atoms with E-state index in [1.165, 1.54) is 0 Å². The lowest BCUT2D eigenvalue weighted by atomic mass is 10.1. The average Bonchev–Trinajstić information content (AvgIpc) is 2.48. The van der Waals surface area contributed by atoms with Crippen LogP contribution < -0.4 is 4.74 Å². The molecule has 2 rings (SSSR count). The van der Waals surface area contributed by atoms with Crippen molar-refractivity contribution >= 4 is 5.97 Å². The maximum absolute atomic E-state index is 11.9. The van der Waals surface area contributed by atoms with Gasteiger partial charge in [0.2, 0.25) is 0 Å². The summed E-state index contributed by atoms with van der Waals surface area (Å²) in [5.41, 5.74) is 0.959. The van der Waals surface area contributed by atoms with Crippen molar-refractivity contribution in [2.24, 2.45) is 0 Å². The second kappa shape index (κ2) is 6.39. The van der Waals surface area contributed by atoms with Gasteiger partial charge in [0.15, 0.2) is 5.60 Å². The molecule has 21 heavy (non-hydrogen) atoms. The van der Waals surface area contributed by atoms with Crippen molar-refractivity contribution in [1.82, 2.24) is 4.98 Å². The number of hydrogen-bond acceptors (Lipinski definition) is 4. The molecule has 0 radical (unpaired) electrons. The van der Waals surface area contributed by atoms with Crippen LogP contribution in [0.4, 0.5) is 0 Å². The monoisotopic (exact) mass is 285 g/mol. The van der Waals surface area contributed by atoms with Gasteiger partial charge in [-0.1, -0.05) is 18.2 Å². The summed E-state index contributed by atoms with van der Waals surface area (Å²) < 4.78 is 10.8. The van der Waals surface area contributed by atoms with E-state index >= 15 is 0 Å². The van der Waals surface area contributed by atoms with Crippen LogP contribution in [0.3, 0.4) is 0 Å². The fourth-order valence-electron chi connectivity index (χ4n) is 1.91. The van der Waals surface area contributed by atoms with Gasteiger partial charge in [-0.2, -0.15) is 0 Å². The Kier molecular flexibility index (Phi) is 4.58. The first-order valence-electron chi connectivity index (χ1n) is 6.89. The van der Waals surface area contributed by atoms with E-state index < -0.39 is 5.60 Å². The Labute approximate surface area is 124 Å². The minimum Gasteiger partial charge on any atom is -0.476 e. The lowest BCUT2D eigenvalue weighted by Crippen LogP contribution is -2.39. The average molecular weight is 285 g/mol. The molecule has 2 aromatic rings. The summed E-state index contributed by atoms with van der Waals surface area (Å²) in [5.74, 6) is 0.242. The van der Waals surface area contributed by atoms with Gasteiger partial charge in [0.05, 0.1) is 6.61 Å². The normalized spacial score (nSPS) is 11.0. The third-order valence-corrected chi connectivity index (χ3v) is 2.97. The van der Waals surface area contributed by atoms with Crippen LogP contribution >= 0.6 is 0 Å². The van der Waals surface area contributed by atoms with Gasteiger partial charge in [-0.3, -0.25) is 4.98 Å². The van der Waals surface area contributed by atoms with Crippen molar-refractivity contribution in [3.8, 4) is 16.9 Å². The Hall–Kier alpha value is -2.36. The number of ether oxygens (including phenoxy) is 2. The summed E-state index contributed by atoms with van der Waals surface area (Å²) in [6, 6.07) is 11.4. The van der Waals surface area contributed by atoms with E-state index in [4.69, 9.17) is 9.47 Å². The fraction of sp³-hybridized carbons (Fsp3) is 0.294. The molecule has 0 saturated heterocycles. The summed E-state index contributed by atoms with van der Waals surface area (Å²) in [6.07, 6.45) is 3.52. The molecule has 4 nitrogen and oxygen atoms in total. The molecular formula is C17H19NO3. The molecule has 0 saturated carbocycles. The smallest absolute Gasteiger partial charge is 0.349 e. The number of esters is 1. The number of rotatable bonds is 5. The quantitative estimate of drug-likeness (QED) is 0.789. The lowest BCUT2D eigenvalue weighted by molar-refractivity contribution is -0.158. The van der Waals surface area contributed by atoms with Gasteiger partial charge in [0.25, 0.3) is 0 Å². The molecule has 1 aromatic carbocycles. The van der Waals surface area contributed by atoms with Gasteiger partial charge < -0.3 is 9.47 Å². The van der Waals surface area contributed by atoms with Crippen LogP contribution in [-0.4, -0.2) is 23.2 Å². The fourth-order valence-corrected chi connectivity index (χ4v) is 1.91. The minimum atomic E-state index is -1.02. The van der Waals surface area contributed by atoms with Gasteiger partial charge in [-0.25, -0.2) is 4.79 Å². The van der Waals surface area contributed by atoms with Crippen LogP contribution in [0.5, 0.6) is 5.75 Å². The van der Waals surface area contributed by atoms with E-state index in [1.54, 1.807) is 33.2 Å². The van der Waals surface area contributed by atoms with Gasteiger partial charge in [0.1, 0.15) is 5.75 Å². The zero-order valence-corrected chi connectivity index (χ0v) is 12.5. The van der Waals surface area contributed by atoms with Crippen molar-refractivity contribution in [2.45, 2.75) is 26.4 Å². The van der Waals surface area contributed by atoms with Crippen molar-refractivity contribution < 1.29 is 14.3 Å². The molecular weight excluding hydrogens is 266 g/mol. The summed E-state index contributed by atoms with van der Waals surface area (Å²) in [6.45, 7) is 5.50. The van der Waals surface area contributed by atoms with E-state index in [9.17, 15) is 4.79 Å². The van der Waals surface area contributed by atoms with Crippen LogP contribution in [0.15, 0.2) is 48.8 Å². The molecule has 0 spiro atoms. The Morgan fingerprint density at radius 2 is 1.95 bits per heavy atom. The predicted molar refractivity (Wildman–Crippen MR) is 81.0 cm³/mol. The minimum absolute atomic E-state index is 0.335. The molecule has 0 aliphatic heterocycles. The molecule has 0 unspecified atom stereocenters. The lowest BCUT2D eigenvalue weighted by Gasteiger charge is -2.24. The van der Waals surface area contributed by atoms with Crippen molar-refractivity contribution in [2.75, 3.05) is 6.61 Å². The zero-order chi connectivity index (χ0) is 15.3. The molecule has 0 atom stereocenters. The Balaban J connectivity index is 2.20. The highest BCUT2D eigenvalue weighted by Gasteiger charge is 2.31. The molecule has 0 aliphatic rings. The molecule has 1 heterocycles. The van der Waals surface area contributed by atoms with Crippen LogP contribution in [0.2, 0.25) is 0 Å². The van der Waals surface area contributed by atoms with Gasteiger partial charge >= 0.3 is 5.97 Å². The maximum atomic E-state index is 11.9. The maximum Gasteiger partial charge on any atom is 0.349 e. The van der Waals surface area contributed by atoms with Crippen molar-refractivity contribution in [1.29, 1.82) is 0 Å². The predicted octanol–water partition coefficient (Wildman–Crippen LogP) is 3.47. The Morgan fingerprint density at radius 1 is 1.19 bits per heavy atom. The Bertz CT molecular complexity index is 608. The largest absolute Gasteiger partial charge is 0.476 e. The van der Waals surface area contributed by atoms with E-state index in [-0.39, 0.29) is 5.97 Å². The van der Waals surface area contributed by atoms with Gasteiger partial charge in [-0.15, -0.1) is 0 Å². The van der Waals surface area contributed by atoms with Crippen molar-refractivity contribution in [3.63, 3.8) is 0 Å². The third-order valence-electron chi connectivity index (χ3n) is 2.97. The summed E-state index contributed by atoms with van der Waals surface area (Å²) in [5, 5.41) is 0. The molecule has 0 N–H and O–H groups in total. The molecule has 0 amide bonds. The van der Waals surface area contributed by atoms with E-state index in [2.05, 4.69) is 4.98 Å². The first-order chi connectivity index (χ1) is 10.0. The second-order valence-electron chi connectivity index (χ2n) is 5.10. The molecule has 0 bridgehead atoms. The highest BCUT2D eigenvalue weighted by Crippen LogP contribution is 2.26. The molecule has 1 aromatic heterocycles. The topological polar surface area (TPSA) is 48.4 Å². The van der Waals surface area contributed by atoms with E-state index in [0.717, 1.165) is 11.1 Å². The van der Waals surface area contributed by atoms with Gasteiger partial charge in [-0.05, 0) is 44.5 Å². The Morgan fingerprint density at radius 3 is 2.62 bits per heavy atom. The number of carbonyl (C=O) groups excluding carboxylic acids is 1. The second-order valence-corrected chi connectivity index (χ2v) is 5.10. The third kappa shape index (κ3) is 3.81. The standard InChI is InChI=1S/C17H19NO3/c1-4-20-16(19)17(2,3)21-15-9-5-7-13(11-15)14-8-6-10-18-12-14/h5-12H,4H2,1-3H3. The number of hydrogen-bond donors (Lipinski definition) is 0. The van der Waals surface area contributed by atoms with E-state index in [0.29, 0.717) is 12.4 Å². The molecule has 4 heteroatoms. The van der Waals surface area contributed by atoms with E-state index in [1.807, 2.05) is 36.4 Å². The number of carbonyl (C=O) groups is 1. The molecule has 0 aliphatic carbocycles.